The lowest BCUT2D eigenvalue weighted by Crippen LogP contribution is -2.36. The van der Waals surface area contributed by atoms with Gasteiger partial charge in [-0.25, -0.2) is 0 Å². The summed E-state index contributed by atoms with van der Waals surface area (Å²) in [7, 11) is 0. The van der Waals surface area contributed by atoms with E-state index in [0.29, 0.717) is 43.2 Å². The number of ether oxygens (including phenoxy) is 1. The van der Waals surface area contributed by atoms with Crippen molar-refractivity contribution in [3.8, 4) is 0 Å². The van der Waals surface area contributed by atoms with Crippen LogP contribution in [0, 0.1) is 17.0 Å². The number of nitro groups is 1. The van der Waals surface area contributed by atoms with Crippen LogP contribution >= 0.6 is 0 Å². The number of carbonyl (C=O) groups excluding carboxylic acids is 1. The van der Waals surface area contributed by atoms with E-state index in [1.54, 1.807) is 30.3 Å². The predicted molar refractivity (Wildman–Crippen MR) is 95.3 cm³/mol. The van der Waals surface area contributed by atoms with E-state index in [0.717, 1.165) is 5.56 Å². The highest BCUT2D eigenvalue weighted by molar-refractivity contribution is 6.04. The number of hydrogen-bond donors (Lipinski definition) is 1. The highest BCUT2D eigenvalue weighted by Crippen LogP contribution is 2.31. The van der Waals surface area contributed by atoms with E-state index in [2.05, 4.69) is 5.32 Å². The summed E-state index contributed by atoms with van der Waals surface area (Å²) in [5, 5.41) is 14.2. The second kappa shape index (κ2) is 7.31. The van der Waals surface area contributed by atoms with Crippen LogP contribution in [0.25, 0.3) is 0 Å². The summed E-state index contributed by atoms with van der Waals surface area (Å²) in [6, 6.07) is 11.9. The molecule has 0 aliphatic carbocycles. The molecule has 0 saturated carbocycles. The molecule has 1 N–H and O–H groups in total. The van der Waals surface area contributed by atoms with Gasteiger partial charge in [-0.1, -0.05) is 17.7 Å². The molecule has 1 fully saturated rings. The van der Waals surface area contributed by atoms with Gasteiger partial charge in [0.05, 0.1) is 18.1 Å². The van der Waals surface area contributed by atoms with Crippen molar-refractivity contribution < 1.29 is 14.5 Å². The van der Waals surface area contributed by atoms with Crippen molar-refractivity contribution in [2.45, 2.75) is 6.92 Å². The SMILES string of the molecule is Cc1cccc(C(=O)Nc2ccc(N3CCOCC3)c([N+](=O)[O-])c2)c1. The fraction of sp³-hybridized carbons (Fsp3) is 0.278. The largest absolute Gasteiger partial charge is 0.378 e. The van der Waals surface area contributed by atoms with Gasteiger partial charge in [0.2, 0.25) is 0 Å². The maximum absolute atomic E-state index is 12.3. The number of carbonyl (C=O) groups is 1. The third kappa shape index (κ3) is 3.95. The monoisotopic (exact) mass is 341 g/mol. The molecule has 0 radical (unpaired) electrons. The van der Waals surface area contributed by atoms with Gasteiger partial charge in [0, 0.05) is 30.4 Å². The summed E-state index contributed by atoms with van der Waals surface area (Å²) in [4.78, 5) is 25.3. The zero-order valence-electron chi connectivity index (χ0n) is 13.9. The lowest BCUT2D eigenvalue weighted by Gasteiger charge is -2.28. The van der Waals surface area contributed by atoms with E-state index >= 15 is 0 Å². The normalized spacial score (nSPS) is 14.2. The predicted octanol–water partition coefficient (Wildman–Crippen LogP) is 2.99. The first-order chi connectivity index (χ1) is 12.0. The van der Waals surface area contributed by atoms with Crippen LogP contribution in [-0.4, -0.2) is 37.1 Å². The summed E-state index contributed by atoms with van der Waals surface area (Å²) in [5.74, 6) is -0.294. The van der Waals surface area contributed by atoms with E-state index in [1.807, 2.05) is 17.9 Å². The number of aryl methyl sites for hydroxylation is 1. The molecule has 1 amide bonds. The Labute approximate surface area is 145 Å². The van der Waals surface area contributed by atoms with Crippen LogP contribution in [0.4, 0.5) is 17.1 Å². The molecule has 7 nitrogen and oxygen atoms in total. The van der Waals surface area contributed by atoms with Gasteiger partial charge < -0.3 is 15.0 Å². The zero-order chi connectivity index (χ0) is 17.8. The Morgan fingerprint density at radius 1 is 1.20 bits per heavy atom. The van der Waals surface area contributed by atoms with Gasteiger partial charge in [0.1, 0.15) is 5.69 Å². The number of nitrogens with zero attached hydrogens (tertiary/aromatic N) is 2. The van der Waals surface area contributed by atoms with Crippen molar-refractivity contribution in [1.29, 1.82) is 0 Å². The Hall–Kier alpha value is -2.93. The second-order valence-electron chi connectivity index (χ2n) is 5.88. The maximum Gasteiger partial charge on any atom is 0.294 e. The van der Waals surface area contributed by atoms with Crippen molar-refractivity contribution in [3.63, 3.8) is 0 Å². The molecule has 7 heteroatoms. The first-order valence-electron chi connectivity index (χ1n) is 8.04. The van der Waals surface area contributed by atoms with Crippen molar-refractivity contribution in [2.75, 3.05) is 36.5 Å². The molecular formula is C18H19N3O4. The number of rotatable bonds is 4. The van der Waals surface area contributed by atoms with Crippen LogP contribution in [0.5, 0.6) is 0 Å². The molecule has 1 aliphatic rings. The van der Waals surface area contributed by atoms with Crippen molar-refractivity contribution in [2.24, 2.45) is 0 Å². The van der Waals surface area contributed by atoms with E-state index < -0.39 is 4.92 Å². The molecule has 130 valence electrons. The first-order valence-corrected chi connectivity index (χ1v) is 8.04. The third-order valence-corrected chi connectivity index (χ3v) is 4.06. The molecule has 0 aromatic heterocycles. The molecule has 1 saturated heterocycles. The quantitative estimate of drug-likeness (QED) is 0.682. The number of anilines is 2. The van der Waals surface area contributed by atoms with E-state index in [4.69, 9.17) is 4.74 Å². The van der Waals surface area contributed by atoms with E-state index in [9.17, 15) is 14.9 Å². The Morgan fingerprint density at radius 3 is 2.64 bits per heavy atom. The highest BCUT2D eigenvalue weighted by Gasteiger charge is 2.22. The van der Waals surface area contributed by atoms with Gasteiger partial charge in [0.15, 0.2) is 0 Å². The summed E-state index contributed by atoms with van der Waals surface area (Å²) >= 11 is 0. The fourth-order valence-electron chi connectivity index (χ4n) is 2.81. The average Bonchev–Trinajstić information content (AvgIpc) is 2.62. The van der Waals surface area contributed by atoms with E-state index in [1.165, 1.54) is 6.07 Å². The molecule has 2 aromatic carbocycles. The lowest BCUT2D eigenvalue weighted by molar-refractivity contribution is -0.384. The van der Waals surface area contributed by atoms with Crippen molar-refractivity contribution in [1.82, 2.24) is 0 Å². The summed E-state index contributed by atoms with van der Waals surface area (Å²) in [6.07, 6.45) is 0. The van der Waals surface area contributed by atoms with Gasteiger partial charge in [-0.2, -0.15) is 0 Å². The van der Waals surface area contributed by atoms with Crippen LogP contribution in [0.2, 0.25) is 0 Å². The Kier molecular flexibility index (Phi) is 4.95. The Balaban J connectivity index is 1.84. The van der Waals surface area contributed by atoms with Crippen LogP contribution in [-0.2, 0) is 4.74 Å². The molecule has 0 bridgehead atoms. The molecule has 1 heterocycles. The summed E-state index contributed by atoms with van der Waals surface area (Å²) in [6.45, 7) is 4.20. The maximum atomic E-state index is 12.3. The molecule has 0 atom stereocenters. The molecule has 2 aromatic rings. The van der Waals surface area contributed by atoms with Gasteiger partial charge in [0.25, 0.3) is 11.6 Å². The number of morpholine rings is 1. The second-order valence-corrected chi connectivity index (χ2v) is 5.88. The highest BCUT2D eigenvalue weighted by atomic mass is 16.6. The number of amides is 1. The number of nitrogens with one attached hydrogen (secondary N) is 1. The van der Waals surface area contributed by atoms with Gasteiger partial charge in [-0.05, 0) is 31.2 Å². The molecule has 3 rings (SSSR count). The topological polar surface area (TPSA) is 84.7 Å². The Bertz CT molecular complexity index is 801. The van der Waals surface area contributed by atoms with Crippen LogP contribution in [0.15, 0.2) is 42.5 Å². The Morgan fingerprint density at radius 2 is 1.96 bits per heavy atom. The average molecular weight is 341 g/mol. The number of nitro benzene ring substituents is 1. The lowest BCUT2D eigenvalue weighted by atomic mass is 10.1. The van der Waals surface area contributed by atoms with Gasteiger partial charge in [-0.3, -0.25) is 14.9 Å². The number of benzene rings is 2. The van der Waals surface area contributed by atoms with Gasteiger partial charge >= 0.3 is 0 Å². The minimum atomic E-state index is -0.423. The fourth-order valence-corrected chi connectivity index (χ4v) is 2.81. The summed E-state index contributed by atoms with van der Waals surface area (Å²) < 4.78 is 5.29. The van der Waals surface area contributed by atoms with Crippen LogP contribution in [0.3, 0.4) is 0 Å². The smallest absolute Gasteiger partial charge is 0.294 e. The van der Waals surface area contributed by atoms with Crippen LogP contribution < -0.4 is 10.2 Å². The minimum Gasteiger partial charge on any atom is -0.378 e. The molecule has 0 spiro atoms. The van der Waals surface area contributed by atoms with Crippen molar-refractivity contribution >= 4 is 23.0 Å². The number of hydrogen-bond acceptors (Lipinski definition) is 5. The third-order valence-electron chi connectivity index (χ3n) is 4.06. The summed E-state index contributed by atoms with van der Waals surface area (Å²) in [5.41, 5.74) is 2.40. The van der Waals surface area contributed by atoms with Gasteiger partial charge in [-0.15, -0.1) is 0 Å². The first kappa shape index (κ1) is 16.9. The standard InChI is InChI=1S/C18H19N3O4/c1-13-3-2-4-14(11-13)18(22)19-15-5-6-16(17(12-15)21(23)24)20-7-9-25-10-8-20/h2-6,11-12H,7-10H2,1H3,(H,19,22). The molecule has 0 unspecified atom stereocenters. The molecule has 25 heavy (non-hydrogen) atoms. The molecule has 1 aliphatic heterocycles. The zero-order valence-corrected chi connectivity index (χ0v) is 13.9. The minimum absolute atomic E-state index is 0.0241. The van der Waals surface area contributed by atoms with E-state index in [-0.39, 0.29) is 11.6 Å². The molecular weight excluding hydrogens is 322 g/mol. The van der Waals surface area contributed by atoms with Crippen LogP contribution in [0.1, 0.15) is 15.9 Å². The van der Waals surface area contributed by atoms with Crippen molar-refractivity contribution in [3.05, 3.63) is 63.7 Å².